The highest BCUT2D eigenvalue weighted by atomic mass is 16.4. The predicted octanol–water partition coefficient (Wildman–Crippen LogP) is 0.215. The summed E-state index contributed by atoms with van der Waals surface area (Å²) in [5.74, 6) is -0.404. The van der Waals surface area contributed by atoms with Crippen molar-refractivity contribution in [2.45, 2.75) is 18.9 Å². The largest absolute Gasteiger partial charge is 0.481 e. The lowest BCUT2D eigenvalue weighted by Gasteiger charge is -2.14. The topological polar surface area (TPSA) is 113 Å². The molecule has 2 atom stereocenters. The van der Waals surface area contributed by atoms with Gasteiger partial charge in [-0.25, -0.2) is 0 Å². The molecule has 1 fully saturated rings. The van der Waals surface area contributed by atoms with Crippen LogP contribution in [-0.2, 0) is 23.2 Å². The summed E-state index contributed by atoms with van der Waals surface area (Å²) in [5.41, 5.74) is 0.771. The zero-order valence-corrected chi connectivity index (χ0v) is 14.0. The molecule has 9 heteroatoms. The minimum absolute atomic E-state index is 0.0392. The lowest BCUT2D eigenvalue weighted by molar-refractivity contribution is -0.138. The molecule has 0 radical (unpaired) electrons. The Kier molecular flexibility index (Phi) is 5.13. The number of carboxylic acid groups (broad SMARTS) is 1. The fourth-order valence-corrected chi connectivity index (χ4v) is 3.25. The van der Waals surface area contributed by atoms with Gasteiger partial charge in [-0.3, -0.25) is 19.2 Å². The molecule has 3 rings (SSSR count). The Labute approximate surface area is 144 Å². The fraction of sp³-hybridized carbons (Fsp3) is 0.500. The first kappa shape index (κ1) is 17.2. The molecule has 2 aromatic heterocycles. The summed E-state index contributed by atoms with van der Waals surface area (Å²) in [6, 6.07) is 3.56. The van der Waals surface area contributed by atoms with E-state index in [-0.39, 0.29) is 30.7 Å². The van der Waals surface area contributed by atoms with E-state index in [9.17, 15) is 9.59 Å². The van der Waals surface area contributed by atoms with Gasteiger partial charge in [0.1, 0.15) is 5.76 Å². The molecule has 1 aliphatic rings. The van der Waals surface area contributed by atoms with Crippen LogP contribution in [0, 0.1) is 5.92 Å². The van der Waals surface area contributed by atoms with Crippen LogP contribution in [0.15, 0.2) is 29.0 Å². The van der Waals surface area contributed by atoms with E-state index in [0.29, 0.717) is 25.4 Å². The van der Waals surface area contributed by atoms with Crippen molar-refractivity contribution < 1.29 is 19.1 Å². The van der Waals surface area contributed by atoms with Crippen LogP contribution in [0.3, 0.4) is 0 Å². The summed E-state index contributed by atoms with van der Waals surface area (Å²) in [7, 11) is 1.78. The third-order valence-corrected chi connectivity index (χ3v) is 4.36. The van der Waals surface area contributed by atoms with Crippen LogP contribution in [0.25, 0.3) is 0 Å². The van der Waals surface area contributed by atoms with E-state index in [1.54, 1.807) is 36.3 Å². The van der Waals surface area contributed by atoms with E-state index >= 15 is 0 Å². The maximum atomic E-state index is 12.1. The standard InChI is InChI=1S/C16H21N5O4/c1-20-9-14(18-19-20)13-8-21(7-11(13)5-16(23)24)10-15(22)17-6-12-3-2-4-25-12/h2-4,9,11,13H,5-8,10H2,1H3,(H,17,22)(H,23,24)/t11-,13+/m0/s1. The number of furan rings is 1. The number of nitrogens with zero attached hydrogens (tertiary/aromatic N) is 4. The molecule has 25 heavy (non-hydrogen) atoms. The molecule has 1 amide bonds. The summed E-state index contributed by atoms with van der Waals surface area (Å²) < 4.78 is 6.78. The lowest BCUT2D eigenvalue weighted by Crippen LogP contribution is -2.36. The van der Waals surface area contributed by atoms with Gasteiger partial charge in [0.15, 0.2) is 0 Å². The monoisotopic (exact) mass is 347 g/mol. The zero-order chi connectivity index (χ0) is 17.8. The first-order valence-corrected chi connectivity index (χ1v) is 8.10. The van der Waals surface area contributed by atoms with E-state index in [2.05, 4.69) is 15.6 Å². The van der Waals surface area contributed by atoms with Gasteiger partial charge >= 0.3 is 5.97 Å². The second kappa shape index (κ2) is 7.47. The molecule has 0 bridgehead atoms. The number of carboxylic acids is 1. The molecule has 0 unspecified atom stereocenters. The zero-order valence-electron chi connectivity index (χ0n) is 14.0. The number of hydrogen-bond donors (Lipinski definition) is 2. The Morgan fingerprint density at radius 1 is 1.44 bits per heavy atom. The number of aliphatic carboxylic acids is 1. The summed E-state index contributed by atoms with van der Waals surface area (Å²) in [5, 5.41) is 20.0. The number of rotatable bonds is 7. The van der Waals surface area contributed by atoms with Crippen LogP contribution in [0.2, 0.25) is 0 Å². The van der Waals surface area contributed by atoms with Crippen molar-refractivity contribution in [1.29, 1.82) is 0 Å². The van der Waals surface area contributed by atoms with Crippen LogP contribution >= 0.6 is 0 Å². The van der Waals surface area contributed by atoms with E-state index in [1.165, 1.54) is 0 Å². The Hall–Kier alpha value is -2.68. The molecule has 0 saturated carbocycles. The molecule has 0 aromatic carbocycles. The van der Waals surface area contributed by atoms with Crippen LogP contribution in [0.5, 0.6) is 0 Å². The van der Waals surface area contributed by atoms with Crippen LogP contribution in [0.1, 0.15) is 23.8 Å². The van der Waals surface area contributed by atoms with Gasteiger partial charge in [-0.15, -0.1) is 5.10 Å². The smallest absolute Gasteiger partial charge is 0.303 e. The highest BCUT2D eigenvalue weighted by Crippen LogP contribution is 2.33. The Balaban J connectivity index is 1.58. The SMILES string of the molecule is Cn1cc([C@@H]2CN(CC(=O)NCc3ccco3)C[C@@H]2CC(=O)O)nn1. The minimum atomic E-state index is -0.844. The molecule has 1 saturated heterocycles. The highest BCUT2D eigenvalue weighted by molar-refractivity contribution is 5.78. The number of aryl methyl sites for hydroxylation is 1. The van der Waals surface area contributed by atoms with Crippen molar-refractivity contribution in [2.24, 2.45) is 13.0 Å². The van der Waals surface area contributed by atoms with Gasteiger partial charge in [0.05, 0.1) is 31.5 Å². The number of aromatic nitrogens is 3. The molecule has 134 valence electrons. The predicted molar refractivity (Wildman–Crippen MR) is 86.5 cm³/mol. The molecule has 0 aliphatic carbocycles. The maximum Gasteiger partial charge on any atom is 0.303 e. The second-order valence-electron chi connectivity index (χ2n) is 6.33. The Morgan fingerprint density at radius 3 is 2.92 bits per heavy atom. The summed E-state index contributed by atoms with van der Waals surface area (Å²) in [6.45, 7) is 1.69. The van der Waals surface area contributed by atoms with Crippen LogP contribution in [-0.4, -0.2) is 56.5 Å². The third kappa shape index (κ3) is 4.44. The summed E-state index contributed by atoms with van der Waals surface area (Å²) in [6.07, 6.45) is 3.41. The van der Waals surface area contributed by atoms with Gasteiger partial charge in [0.25, 0.3) is 0 Å². The lowest BCUT2D eigenvalue weighted by atomic mass is 9.91. The normalized spacial score (nSPS) is 20.7. The first-order valence-electron chi connectivity index (χ1n) is 8.10. The fourth-order valence-electron chi connectivity index (χ4n) is 3.25. The van der Waals surface area contributed by atoms with Crippen molar-refractivity contribution >= 4 is 11.9 Å². The molecule has 9 nitrogen and oxygen atoms in total. The van der Waals surface area contributed by atoms with E-state index < -0.39 is 5.97 Å². The van der Waals surface area contributed by atoms with Crippen LogP contribution in [0.4, 0.5) is 0 Å². The van der Waals surface area contributed by atoms with Crippen molar-refractivity contribution in [3.8, 4) is 0 Å². The Morgan fingerprint density at radius 2 is 2.28 bits per heavy atom. The van der Waals surface area contributed by atoms with E-state index in [4.69, 9.17) is 9.52 Å². The average molecular weight is 347 g/mol. The first-order chi connectivity index (χ1) is 12.0. The molecule has 2 N–H and O–H groups in total. The summed E-state index contributed by atoms with van der Waals surface area (Å²) >= 11 is 0. The molecule has 3 heterocycles. The number of carbonyl (C=O) groups is 2. The van der Waals surface area contributed by atoms with Gasteiger partial charge < -0.3 is 14.8 Å². The van der Waals surface area contributed by atoms with Crippen molar-refractivity contribution in [1.82, 2.24) is 25.2 Å². The molecule has 0 spiro atoms. The number of hydrogen-bond acceptors (Lipinski definition) is 6. The van der Waals surface area contributed by atoms with Gasteiger partial charge in [0, 0.05) is 32.3 Å². The number of carbonyl (C=O) groups excluding carboxylic acids is 1. The van der Waals surface area contributed by atoms with Gasteiger partial charge in [-0.2, -0.15) is 0 Å². The molecular weight excluding hydrogens is 326 g/mol. The second-order valence-corrected chi connectivity index (χ2v) is 6.33. The van der Waals surface area contributed by atoms with E-state index in [1.807, 2.05) is 4.90 Å². The quantitative estimate of drug-likeness (QED) is 0.736. The Bertz CT molecular complexity index is 727. The van der Waals surface area contributed by atoms with Gasteiger partial charge in [-0.1, -0.05) is 5.21 Å². The maximum absolute atomic E-state index is 12.1. The minimum Gasteiger partial charge on any atom is -0.481 e. The van der Waals surface area contributed by atoms with Crippen molar-refractivity contribution in [3.05, 3.63) is 36.0 Å². The van der Waals surface area contributed by atoms with Crippen LogP contribution < -0.4 is 5.32 Å². The molecular formula is C16H21N5O4. The highest BCUT2D eigenvalue weighted by Gasteiger charge is 2.37. The summed E-state index contributed by atoms with van der Waals surface area (Å²) in [4.78, 5) is 25.2. The molecule has 2 aromatic rings. The molecule has 1 aliphatic heterocycles. The number of nitrogens with one attached hydrogen (secondary N) is 1. The number of amides is 1. The van der Waals surface area contributed by atoms with Crippen molar-refractivity contribution in [3.63, 3.8) is 0 Å². The number of likely N-dealkylation sites (tertiary alicyclic amines) is 1. The van der Waals surface area contributed by atoms with E-state index in [0.717, 1.165) is 5.69 Å². The van der Waals surface area contributed by atoms with Gasteiger partial charge in [0.2, 0.25) is 5.91 Å². The van der Waals surface area contributed by atoms with Crippen molar-refractivity contribution in [2.75, 3.05) is 19.6 Å². The third-order valence-electron chi connectivity index (χ3n) is 4.36. The van der Waals surface area contributed by atoms with Gasteiger partial charge in [-0.05, 0) is 18.1 Å². The average Bonchev–Trinajstić information content (AvgIpc) is 3.26.